The van der Waals surface area contributed by atoms with Crippen molar-refractivity contribution in [3.8, 4) is 0 Å². The lowest BCUT2D eigenvalue weighted by Gasteiger charge is -2.24. The standard InChI is InChI=1S/C26H20O2P2/c27-29(19-11-3-1-4-12-19)23-17-9-7-15-21(23)26-25(29)22-16-8-10-18-24(22)30(26,28)20-13-5-2-6-14-20/h1-9,11-17H,10,18H2. The molecule has 2 atom stereocenters. The maximum Gasteiger partial charge on any atom is 0.173 e. The van der Waals surface area contributed by atoms with Gasteiger partial charge in [-0.3, -0.25) is 0 Å². The summed E-state index contributed by atoms with van der Waals surface area (Å²) in [6, 6.07) is 27.4. The van der Waals surface area contributed by atoms with Crippen molar-refractivity contribution in [2.45, 2.75) is 12.8 Å². The molecule has 30 heavy (non-hydrogen) atoms. The average molecular weight is 426 g/mol. The molecule has 0 fully saturated rings. The minimum atomic E-state index is -3.11. The van der Waals surface area contributed by atoms with Crippen LogP contribution in [0.1, 0.15) is 18.4 Å². The van der Waals surface area contributed by atoms with Crippen molar-refractivity contribution in [2.24, 2.45) is 0 Å². The largest absolute Gasteiger partial charge is 0.309 e. The molecule has 0 saturated heterocycles. The van der Waals surface area contributed by atoms with Crippen molar-refractivity contribution in [3.63, 3.8) is 0 Å². The Labute approximate surface area is 176 Å². The Hall–Kier alpha value is -2.66. The lowest BCUT2D eigenvalue weighted by atomic mass is 10.1. The van der Waals surface area contributed by atoms with Crippen LogP contribution in [-0.2, 0) is 9.13 Å². The van der Waals surface area contributed by atoms with Gasteiger partial charge in [0.2, 0.25) is 0 Å². The first-order chi connectivity index (χ1) is 14.7. The van der Waals surface area contributed by atoms with Crippen LogP contribution in [0.25, 0.3) is 5.31 Å². The Balaban J connectivity index is 1.77. The van der Waals surface area contributed by atoms with Gasteiger partial charge in [-0.2, -0.15) is 0 Å². The molecule has 2 heterocycles. The first kappa shape index (κ1) is 18.1. The molecular weight excluding hydrogens is 406 g/mol. The number of benzene rings is 3. The zero-order valence-corrected chi connectivity index (χ0v) is 18.2. The number of rotatable bonds is 2. The maximum absolute atomic E-state index is 15.0. The summed E-state index contributed by atoms with van der Waals surface area (Å²) in [5.41, 5.74) is 1.85. The first-order valence-electron chi connectivity index (χ1n) is 10.2. The van der Waals surface area contributed by atoms with E-state index in [9.17, 15) is 4.57 Å². The smallest absolute Gasteiger partial charge is 0.173 e. The molecule has 0 bridgehead atoms. The van der Waals surface area contributed by atoms with E-state index in [0.717, 1.165) is 55.8 Å². The van der Waals surface area contributed by atoms with Gasteiger partial charge in [-0.15, -0.1) is 0 Å². The molecule has 4 heteroatoms. The molecule has 3 aromatic carbocycles. The molecule has 0 aromatic heterocycles. The molecular formula is C26H20O2P2. The summed E-state index contributed by atoms with van der Waals surface area (Å²) in [6.07, 6.45) is 5.82. The van der Waals surface area contributed by atoms with Gasteiger partial charge in [0.1, 0.15) is 0 Å². The van der Waals surface area contributed by atoms with Gasteiger partial charge >= 0.3 is 0 Å². The third kappa shape index (κ3) is 2.16. The molecule has 1 aliphatic carbocycles. The second-order valence-corrected chi connectivity index (χ2v) is 13.3. The highest BCUT2D eigenvalue weighted by Crippen LogP contribution is 2.80. The number of allylic oxidation sites excluding steroid dienone is 5. The second-order valence-electron chi connectivity index (χ2n) is 7.91. The molecule has 0 spiro atoms. The molecule has 3 aliphatic rings. The molecule has 2 unspecified atom stereocenters. The van der Waals surface area contributed by atoms with Crippen molar-refractivity contribution in [2.75, 3.05) is 0 Å². The van der Waals surface area contributed by atoms with E-state index in [2.05, 4.69) is 12.2 Å². The molecule has 0 amide bonds. The summed E-state index contributed by atoms with van der Waals surface area (Å²) in [4.78, 5) is 0. The third-order valence-electron chi connectivity index (χ3n) is 6.37. The highest BCUT2D eigenvalue weighted by Gasteiger charge is 2.55. The normalized spacial score (nSPS) is 26.5. The van der Waals surface area contributed by atoms with Gasteiger partial charge in [0.05, 0.1) is 0 Å². The topological polar surface area (TPSA) is 34.1 Å². The monoisotopic (exact) mass is 426 g/mol. The maximum atomic E-state index is 15.0. The van der Waals surface area contributed by atoms with Crippen molar-refractivity contribution in [3.05, 3.63) is 119 Å². The molecule has 0 saturated carbocycles. The van der Waals surface area contributed by atoms with Crippen LogP contribution in [0.2, 0.25) is 0 Å². The van der Waals surface area contributed by atoms with Gasteiger partial charge < -0.3 is 9.13 Å². The zero-order valence-electron chi connectivity index (χ0n) is 16.4. The van der Waals surface area contributed by atoms with E-state index < -0.39 is 14.3 Å². The molecule has 2 nitrogen and oxygen atoms in total. The summed E-state index contributed by atoms with van der Waals surface area (Å²) in [5.74, 6) is 0. The van der Waals surface area contributed by atoms with E-state index in [1.807, 2.05) is 84.9 Å². The van der Waals surface area contributed by atoms with Crippen molar-refractivity contribution in [1.29, 1.82) is 0 Å². The van der Waals surface area contributed by atoms with Gasteiger partial charge in [-0.05, 0) is 24.0 Å². The van der Waals surface area contributed by atoms with Crippen LogP contribution in [0.3, 0.4) is 0 Å². The quantitative estimate of drug-likeness (QED) is 0.472. The summed E-state index contributed by atoms with van der Waals surface area (Å²) in [5, 5.41) is 5.08. The lowest BCUT2D eigenvalue weighted by molar-refractivity contribution is 0.589. The van der Waals surface area contributed by atoms with E-state index in [1.165, 1.54) is 0 Å². The van der Waals surface area contributed by atoms with Crippen LogP contribution in [0.15, 0.2) is 113 Å². The molecule has 0 N–H and O–H groups in total. The van der Waals surface area contributed by atoms with Crippen LogP contribution in [-0.4, -0.2) is 0 Å². The van der Waals surface area contributed by atoms with Crippen molar-refractivity contribution < 1.29 is 9.13 Å². The molecule has 3 aromatic rings. The Morgan fingerprint density at radius 1 is 0.633 bits per heavy atom. The minimum Gasteiger partial charge on any atom is -0.309 e. The number of hydrogen-bond acceptors (Lipinski definition) is 2. The summed E-state index contributed by atoms with van der Waals surface area (Å²) < 4.78 is 30.0. The zero-order chi connectivity index (χ0) is 20.3. The van der Waals surface area contributed by atoms with Crippen molar-refractivity contribution in [1.82, 2.24) is 0 Å². The van der Waals surface area contributed by atoms with E-state index in [-0.39, 0.29) is 0 Å². The minimum absolute atomic E-state index is 0.752. The number of hydrogen-bond donors (Lipinski definition) is 0. The summed E-state index contributed by atoms with van der Waals surface area (Å²) >= 11 is 0. The summed E-state index contributed by atoms with van der Waals surface area (Å²) in [7, 11) is -6.16. The molecule has 6 rings (SSSR count). The fraction of sp³-hybridized carbons (Fsp3) is 0.0769. The fourth-order valence-corrected chi connectivity index (χ4v) is 12.7. The van der Waals surface area contributed by atoms with Gasteiger partial charge in [-0.25, -0.2) is 0 Å². The van der Waals surface area contributed by atoms with Gasteiger partial charge in [0, 0.05) is 31.9 Å². The Morgan fingerprint density at radius 2 is 1.23 bits per heavy atom. The Kier molecular flexibility index (Phi) is 3.88. The molecule has 0 radical (unpaired) electrons. The van der Waals surface area contributed by atoms with E-state index in [1.54, 1.807) is 0 Å². The predicted octanol–water partition coefficient (Wildman–Crippen LogP) is 5.99. The van der Waals surface area contributed by atoms with Crippen molar-refractivity contribution >= 4 is 35.5 Å². The second kappa shape index (κ2) is 6.42. The van der Waals surface area contributed by atoms with E-state index >= 15 is 4.57 Å². The average Bonchev–Trinajstić information content (AvgIpc) is 3.26. The summed E-state index contributed by atoms with van der Waals surface area (Å²) in [6.45, 7) is 0. The molecule has 146 valence electrons. The Morgan fingerprint density at radius 3 is 1.93 bits per heavy atom. The van der Waals surface area contributed by atoms with Gasteiger partial charge in [-0.1, -0.05) is 97.1 Å². The highest BCUT2D eigenvalue weighted by atomic mass is 31.2. The van der Waals surface area contributed by atoms with Gasteiger partial charge in [0.15, 0.2) is 14.3 Å². The first-order valence-corrected chi connectivity index (χ1v) is 13.7. The van der Waals surface area contributed by atoms with Crippen LogP contribution >= 0.6 is 14.3 Å². The lowest BCUT2D eigenvalue weighted by Crippen LogP contribution is -2.17. The van der Waals surface area contributed by atoms with Crippen LogP contribution in [0.5, 0.6) is 0 Å². The fourth-order valence-electron chi connectivity index (χ4n) is 5.12. The molecule has 2 aliphatic heterocycles. The van der Waals surface area contributed by atoms with Crippen LogP contribution in [0, 0.1) is 0 Å². The predicted molar refractivity (Wildman–Crippen MR) is 126 cm³/mol. The van der Waals surface area contributed by atoms with Crippen LogP contribution in [0.4, 0.5) is 0 Å². The third-order valence-corrected chi connectivity index (χ3v) is 13.1. The number of fused-ring (bicyclic) bond motifs is 3. The van der Waals surface area contributed by atoms with E-state index in [0.29, 0.717) is 0 Å². The van der Waals surface area contributed by atoms with E-state index in [4.69, 9.17) is 0 Å². The SMILES string of the molecule is O=P1(c2ccccc2)C2=C(C=CCC2)C2=C1c1ccccc1P2(=O)c1ccccc1. The Bertz CT molecular complexity index is 1380. The van der Waals surface area contributed by atoms with Gasteiger partial charge in [0.25, 0.3) is 0 Å². The van der Waals surface area contributed by atoms with Crippen LogP contribution < -0.4 is 15.9 Å². The highest BCUT2D eigenvalue weighted by molar-refractivity contribution is 7.91.